The molecule has 116 valence electrons. The molecule has 0 amide bonds. The van der Waals surface area contributed by atoms with E-state index in [1.807, 2.05) is 0 Å². The maximum atomic E-state index is 5.82. The predicted octanol–water partition coefficient (Wildman–Crippen LogP) is 4.20. The summed E-state index contributed by atoms with van der Waals surface area (Å²) in [5, 5.41) is 0. The molecule has 0 aromatic carbocycles. The van der Waals surface area contributed by atoms with E-state index in [1.54, 1.807) is 0 Å². The Labute approximate surface area is 122 Å². The first-order chi connectivity index (χ1) is 9.46. The third kappa shape index (κ3) is 2.41. The van der Waals surface area contributed by atoms with Crippen molar-refractivity contribution >= 4 is 0 Å². The molecule has 4 atom stereocenters. The van der Waals surface area contributed by atoms with E-state index in [9.17, 15) is 0 Å². The second kappa shape index (κ2) is 5.24. The molecule has 3 rings (SSSR count). The monoisotopic (exact) mass is 284 g/mol. The van der Waals surface area contributed by atoms with E-state index in [-0.39, 0.29) is 0 Å². The van der Waals surface area contributed by atoms with Gasteiger partial charge < -0.3 is 0 Å². The van der Waals surface area contributed by atoms with Crippen LogP contribution in [0.1, 0.15) is 66.2 Å². The molecular weight excluding hydrogens is 256 g/mol. The van der Waals surface area contributed by atoms with Gasteiger partial charge in [-0.1, -0.05) is 27.7 Å². The van der Waals surface area contributed by atoms with Gasteiger partial charge in [0, 0.05) is 24.7 Å². The lowest BCUT2D eigenvalue weighted by Gasteiger charge is -2.51. The molecule has 0 radical (unpaired) electrons. The van der Waals surface area contributed by atoms with Crippen molar-refractivity contribution in [1.82, 2.24) is 0 Å². The highest BCUT2D eigenvalue weighted by Gasteiger charge is 2.56. The zero-order valence-corrected chi connectivity index (χ0v) is 13.2. The van der Waals surface area contributed by atoms with Crippen molar-refractivity contribution in [2.24, 2.45) is 23.7 Å². The van der Waals surface area contributed by atoms with Gasteiger partial charge in [-0.05, 0) is 37.5 Å². The summed E-state index contributed by atoms with van der Waals surface area (Å²) in [6.45, 7) is 8.87. The van der Waals surface area contributed by atoms with Crippen LogP contribution in [-0.4, -0.2) is 11.6 Å². The van der Waals surface area contributed by atoms with Gasteiger partial charge in [-0.2, -0.15) is 19.6 Å². The molecule has 2 aliphatic carbocycles. The average molecular weight is 284 g/mol. The van der Waals surface area contributed by atoms with Gasteiger partial charge in [-0.25, -0.2) is 0 Å². The Hall–Kier alpha value is -0.160. The molecule has 20 heavy (non-hydrogen) atoms. The summed E-state index contributed by atoms with van der Waals surface area (Å²) in [7, 11) is 0. The van der Waals surface area contributed by atoms with Gasteiger partial charge in [0.1, 0.15) is 0 Å². The van der Waals surface area contributed by atoms with Gasteiger partial charge in [0.2, 0.25) is 11.6 Å². The first kappa shape index (κ1) is 14.8. The van der Waals surface area contributed by atoms with Crippen LogP contribution in [0.2, 0.25) is 0 Å². The fourth-order valence-electron chi connectivity index (χ4n) is 3.99. The van der Waals surface area contributed by atoms with E-state index >= 15 is 0 Å². The van der Waals surface area contributed by atoms with Crippen LogP contribution in [0, 0.1) is 23.7 Å². The average Bonchev–Trinajstić information content (AvgIpc) is 2.42. The molecule has 2 spiro atoms. The van der Waals surface area contributed by atoms with Crippen molar-refractivity contribution in [1.29, 1.82) is 0 Å². The molecule has 1 aliphatic heterocycles. The lowest BCUT2D eigenvalue weighted by Crippen LogP contribution is -2.58. The highest BCUT2D eigenvalue weighted by Crippen LogP contribution is 2.49. The van der Waals surface area contributed by atoms with Crippen molar-refractivity contribution in [3.63, 3.8) is 0 Å². The minimum atomic E-state index is -0.694. The van der Waals surface area contributed by atoms with Crippen molar-refractivity contribution in [3.8, 4) is 0 Å². The first-order valence-electron chi connectivity index (χ1n) is 8.19. The van der Waals surface area contributed by atoms with E-state index in [0.29, 0.717) is 23.7 Å². The minimum Gasteiger partial charge on any atom is -0.195 e. The van der Waals surface area contributed by atoms with E-state index in [4.69, 9.17) is 19.6 Å². The van der Waals surface area contributed by atoms with Gasteiger partial charge in [-0.3, -0.25) is 0 Å². The molecule has 3 aliphatic rings. The summed E-state index contributed by atoms with van der Waals surface area (Å²) in [6, 6.07) is 0. The molecule has 0 aromatic rings. The van der Waals surface area contributed by atoms with Gasteiger partial charge in [-0.15, -0.1) is 0 Å². The van der Waals surface area contributed by atoms with Crippen molar-refractivity contribution < 1.29 is 19.6 Å². The highest BCUT2D eigenvalue weighted by molar-refractivity contribution is 4.87. The fourth-order valence-corrected chi connectivity index (χ4v) is 3.99. The number of hydrogen-bond donors (Lipinski definition) is 0. The van der Waals surface area contributed by atoms with Gasteiger partial charge in [0.05, 0.1) is 0 Å². The van der Waals surface area contributed by atoms with E-state index < -0.39 is 11.6 Å². The van der Waals surface area contributed by atoms with Crippen molar-refractivity contribution in [2.45, 2.75) is 77.8 Å². The zero-order chi connectivity index (χ0) is 14.4. The number of rotatable bonds is 0. The normalized spacial score (nSPS) is 53.4. The van der Waals surface area contributed by atoms with Gasteiger partial charge >= 0.3 is 0 Å². The quantitative estimate of drug-likeness (QED) is 0.625. The lowest BCUT2D eigenvalue weighted by atomic mass is 9.78. The van der Waals surface area contributed by atoms with Crippen LogP contribution in [0.4, 0.5) is 0 Å². The lowest BCUT2D eigenvalue weighted by molar-refractivity contribution is -0.675. The Kier molecular flexibility index (Phi) is 3.87. The van der Waals surface area contributed by atoms with E-state index in [0.717, 1.165) is 38.5 Å². The summed E-state index contributed by atoms with van der Waals surface area (Å²) >= 11 is 0. The summed E-state index contributed by atoms with van der Waals surface area (Å²) in [5.74, 6) is 0.630. The smallest absolute Gasteiger partial charge is 0.195 e. The van der Waals surface area contributed by atoms with Crippen LogP contribution in [0.15, 0.2) is 0 Å². The van der Waals surface area contributed by atoms with Crippen molar-refractivity contribution in [2.75, 3.05) is 0 Å². The van der Waals surface area contributed by atoms with Crippen LogP contribution >= 0.6 is 0 Å². The first-order valence-corrected chi connectivity index (χ1v) is 8.19. The Morgan fingerprint density at radius 2 is 1.00 bits per heavy atom. The summed E-state index contributed by atoms with van der Waals surface area (Å²) in [4.78, 5) is 23.3. The largest absolute Gasteiger partial charge is 0.236 e. The molecule has 4 heteroatoms. The molecule has 2 saturated carbocycles. The molecular formula is C16H28O4. The maximum absolute atomic E-state index is 5.82. The minimum absolute atomic E-state index is 0.293. The van der Waals surface area contributed by atoms with Crippen molar-refractivity contribution in [3.05, 3.63) is 0 Å². The van der Waals surface area contributed by atoms with Crippen LogP contribution in [0.3, 0.4) is 0 Å². The zero-order valence-electron chi connectivity index (χ0n) is 13.2. The van der Waals surface area contributed by atoms with E-state index in [1.165, 1.54) is 0 Å². The summed E-state index contributed by atoms with van der Waals surface area (Å²) in [6.07, 6.45) is 6.05. The Morgan fingerprint density at radius 1 is 0.650 bits per heavy atom. The molecule has 3 fully saturated rings. The summed E-state index contributed by atoms with van der Waals surface area (Å²) in [5.41, 5.74) is 0. The van der Waals surface area contributed by atoms with Crippen LogP contribution in [0.5, 0.6) is 0 Å². The molecule has 0 N–H and O–H groups in total. The third-order valence-electron chi connectivity index (χ3n) is 5.63. The Morgan fingerprint density at radius 3 is 1.30 bits per heavy atom. The molecule has 4 nitrogen and oxygen atoms in total. The maximum Gasteiger partial charge on any atom is 0.236 e. The van der Waals surface area contributed by atoms with Gasteiger partial charge in [0.15, 0.2) is 0 Å². The van der Waals surface area contributed by atoms with Crippen LogP contribution in [-0.2, 0) is 19.6 Å². The number of hydrogen-bond acceptors (Lipinski definition) is 4. The second-order valence-corrected chi connectivity index (χ2v) is 7.52. The van der Waals surface area contributed by atoms with Gasteiger partial charge in [0.25, 0.3) is 0 Å². The molecule has 0 bridgehead atoms. The highest BCUT2D eigenvalue weighted by atomic mass is 17.4. The second-order valence-electron chi connectivity index (χ2n) is 7.52. The Balaban J connectivity index is 1.67. The van der Waals surface area contributed by atoms with E-state index in [2.05, 4.69) is 27.7 Å². The predicted molar refractivity (Wildman–Crippen MR) is 74.2 cm³/mol. The van der Waals surface area contributed by atoms with Crippen LogP contribution in [0.25, 0.3) is 0 Å². The Bertz CT molecular complexity index is 314. The summed E-state index contributed by atoms with van der Waals surface area (Å²) < 4.78 is 0. The van der Waals surface area contributed by atoms with Crippen LogP contribution < -0.4 is 0 Å². The fraction of sp³-hybridized carbons (Fsp3) is 1.00. The molecule has 1 heterocycles. The molecule has 1 saturated heterocycles. The third-order valence-corrected chi connectivity index (χ3v) is 5.63. The standard InChI is InChI=1S/C16H28O4/c1-11-5-7-15(13(3)9-11)17-19-16(20-18-15)8-6-12(2)10-14(16)4/h11-14H,5-10H2,1-4H3/t11-,12+,13-,14-,15?,16?/m0/s1. The SMILES string of the molecule is C[C@@H]1CCC2(OOC3(CC[C@H](C)C[C@@H]3C)OO2)[C@@H](C)C1. The topological polar surface area (TPSA) is 36.9 Å². The molecule has 0 unspecified atom stereocenters. The molecule has 0 aromatic heterocycles.